The zero-order valence-corrected chi connectivity index (χ0v) is 11.6. The number of benzene rings is 1. The number of amides is 1. The van der Waals surface area contributed by atoms with Crippen molar-refractivity contribution in [1.82, 2.24) is 4.90 Å². The van der Waals surface area contributed by atoms with E-state index in [9.17, 15) is 9.59 Å². The predicted octanol–water partition coefficient (Wildman–Crippen LogP) is 1.72. The molecule has 2 atom stereocenters. The summed E-state index contributed by atoms with van der Waals surface area (Å²) in [5, 5.41) is 0.610. The molecule has 1 aliphatic rings. The summed E-state index contributed by atoms with van der Waals surface area (Å²) >= 11 is 5.80. The Morgan fingerprint density at radius 1 is 1.37 bits per heavy atom. The molecule has 0 spiro atoms. The second kappa shape index (κ2) is 5.72. The van der Waals surface area contributed by atoms with Crippen LogP contribution in [0.25, 0.3) is 0 Å². The van der Waals surface area contributed by atoms with Gasteiger partial charge >= 0.3 is 0 Å². The normalized spacial score (nSPS) is 21.3. The van der Waals surface area contributed by atoms with Gasteiger partial charge in [0, 0.05) is 17.1 Å². The molecule has 0 radical (unpaired) electrons. The Morgan fingerprint density at radius 3 is 2.53 bits per heavy atom. The third-order valence-corrected chi connectivity index (χ3v) is 3.93. The fourth-order valence-electron chi connectivity index (χ4n) is 2.39. The van der Waals surface area contributed by atoms with E-state index < -0.39 is 0 Å². The van der Waals surface area contributed by atoms with E-state index in [1.807, 2.05) is 11.8 Å². The number of hydrogen-bond donors (Lipinski definition) is 1. The lowest BCUT2D eigenvalue weighted by atomic mass is 10.0. The first-order valence-electron chi connectivity index (χ1n) is 6.32. The zero-order chi connectivity index (χ0) is 14.0. The summed E-state index contributed by atoms with van der Waals surface area (Å²) in [6.07, 6.45) is 0.730. The predicted molar refractivity (Wildman–Crippen MR) is 74.1 cm³/mol. The quantitative estimate of drug-likeness (QED) is 0.854. The standard InChI is InChI=1S/C14H17ClN2O2/c1-9(17-7-6-11(8-17)14(16)19)13(18)10-2-4-12(15)5-3-10/h2-5,9,11H,6-8H2,1H3,(H2,16,19). The highest BCUT2D eigenvalue weighted by Crippen LogP contribution is 2.20. The second-order valence-electron chi connectivity index (χ2n) is 4.93. The number of likely N-dealkylation sites (tertiary alicyclic amines) is 1. The van der Waals surface area contributed by atoms with Crippen LogP contribution in [0.5, 0.6) is 0 Å². The maximum absolute atomic E-state index is 12.3. The first-order chi connectivity index (χ1) is 8.99. The molecule has 1 saturated heterocycles. The summed E-state index contributed by atoms with van der Waals surface area (Å²) in [6.45, 7) is 3.16. The Morgan fingerprint density at radius 2 is 2.00 bits per heavy atom. The summed E-state index contributed by atoms with van der Waals surface area (Å²) in [5.74, 6) is -0.379. The van der Waals surface area contributed by atoms with E-state index in [1.165, 1.54) is 0 Å². The Kier molecular flexibility index (Phi) is 4.22. The molecule has 2 N–H and O–H groups in total. The number of carbonyl (C=O) groups is 2. The van der Waals surface area contributed by atoms with E-state index in [0.717, 1.165) is 13.0 Å². The van der Waals surface area contributed by atoms with E-state index in [-0.39, 0.29) is 23.7 Å². The lowest BCUT2D eigenvalue weighted by Gasteiger charge is -2.22. The van der Waals surface area contributed by atoms with Crippen LogP contribution in [0.3, 0.4) is 0 Å². The van der Waals surface area contributed by atoms with E-state index in [4.69, 9.17) is 17.3 Å². The van der Waals surface area contributed by atoms with Crippen LogP contribution in [0.1, 0.15) is 23.7 Å². The molecule has 1 aromatic rings. The minimum atomic E-state index is -0.284. The van der Waals surface area contributed by atoms with Crippen LogP contribution in [0.15, 0.2) is 24.3 Å². The van der Waals surface area contributed by atoms with E-state index >= 15 is 0 Å². The van der Waals surface area contributed by atoms with Crippen LogP contribution in [0.4, 0.5) is 0 Å². The third kappa shape index (κ3) is 3.14. The SMILES string of the molecule is CC(C(=O)c1ccc(Cl)cc1)N1CCC(C(N)=O)C1. The van der Waals surface area contributed by atoms with Gasteiger partial charge in [-0.3, -0.25) is 14.5 Å². The molecule has 4 nitrogen and oxygen atoms in total. The van der Waals surface area contributed by atoms with E-state index in [1.54, 1.807) is 24.3 Å². The highest BCUT2D eigenvalue weighted by molar-refractivity contribution is 6.30. The van der Waals surface area contributed by atoms with Crippen LogP contribution in [-0.2, 0) is 4.79 Å². The van der Waals surface area contributed by atoms with Crippen LogP contribution in [0, 0.1) is 5.92 Å². The number of primary amides is 1. The first kappa shape index (κ1) is 14.0. The number of nitrogens with zero attached hydrogens (tertiary/aromatic N) is 1. The highest BCUT2D eigenvalue weighted by Gasteiger charge is 2.32. The van der Waals surface area contributed by atoms with Gasteiger partial charge in [-0.25, -0.2) is 0 Å². The molecule has 1 aliphatic heterocycles. The Labute approximate surface area is 117 Å². The fourth-order valence-corrected chi connectivity index (χ4v) is 2.52. The minimum Gasteiger partial charge on any atom is -0.369 e. The largest absolute Gasteiger partial charge is 0.369 e. The van der Waals surface area contributed by atoms with Gasteiger partial charge in [-0.1, -0.05) is 11.6 Å². The molecule has 2 unspecified atom stereocenters. The summed E-state index contributed by atoms with van der Waals surface area (Å²) in [6, 6.07) is 6.62. The Balaban J connectivity index is 2.04. The van der Waals surface area contributed by atoms with Crippen molar-refractivity contribution in [3.63, 3.8) is 0 Å². The van der Waals surface area contributed by atoms with Crippen molar-refractivity contribution < 1.29 is 9.59 Å². The van der Waals surface area contributed by atoms with Gasteiger partial charge in [0.15, 0.2) is 5.78 Å². The van der Waals surface area contributed by atoms with Gasteiger partial charge < -0.3 is 5.73 Å². The molecule has 0 saturated carbocycles. The molecular weight excluding hydrogens is 264 g/mol. The topological polar surface area (TPSA) is 63.4 Å². The molecule has 1 aromatic carbocycles. The molecular formula is C14H17ClN2O2. The van der Waals surface area contributed by atoms with Crippen LogP contribution < -0.4 is 5.73 Å². The molecule has 0 bridgehead atoms. The number of carbonyl (C=O) groups excluding carboxylic acids is 2. The number of halogens is 1. The van der Waals surface area contributed by atoms with Crippen molar-refractivity contribution in [3.05, 3.63) is 34.9 Å². The maximum Gasteiger partial charge on any atom is 0.221 e. The van der Waals surface area contributed by atoms with Crippen molar-refractivity contribution in [2.24, 2.45) is 11.7 Å². The number of Topliss-reactive ketones (excluding diaryl/α,β-unsaturated/α-hetero) is 1. The van der Waals surface area contributed by atoms with Crippen molar-refractivity contribution in [2.75, 3.05) is 13.1 Å². The average molecular weight is 281 g/mol. The number of hydrogen-bond acceptors (Lipinski definition) is 3. The fraction of sp³-hybridized carbons (Fsp3) is 0.429. The van der Waals surface area contributed by atoms with Gasteiger partial charge in [-0.15, -0.1) is 0 Å². The van der Waals surface area contributed by atoms with Crippen LogP contribution >= 0.6 is 11.6 Å². The molecule has 102 valence electrons. The van der Waals surface area contributed by atoms with Crippen LogP contribution in [-0.4, -0.2) is 35.7 Å². The van der Waals surface area contributed by atoms with Gasteiger partial charge in [-0.05, 0) is 44.2 Å². The Hall–Kier alpha value is -1.39. The molecule has 19 heavy (non-hydrogen) atoms. The lowest BCUT2D eigenvalue weighted by Crippen LogP contribution is -2.38. The van der Waals surface area contributed by atoms with Gasteiger partial charge in [0.1, 0.15) is 0 Å². The maximum atomic E-state index is 12.3. The van der Waals surface area contributed by atoms with Crippen molar-refractivity contribution in [3.8, 4) is 0 Å². The molecule has 0 aliphatic carbocycles. The number of rotatable bonds is 4. The summed E-state index contributed by atoms with van der Waals surface area (Å²) in [7, 11) is 0. The van der Waals surface area contributed by atoms with E-state index in [2.05, 4.69) is 0 Å². The van der Waals surface area contributed by atoms with Crippen molar-refractivity contribution >= 4 is 23.3 Å². The molecule has 1 heterocycles. The van der Waals surface area contributed by atoms with Gasteiger partial charge in [-0.2, -0.15) is 0 Å². The molecule has 0 aromatic heterocycles. The summed E-state index contributed by atoms with van der Waals surface area (Å²) in [5.41, 5.74) is 5.94. The average Bonchev–Trinajstić information content (AvgIpc) is 2.87. The van der Waals surface area contributed by atoms with Crippen molar-refractivity contribution in [1.29, 1.82) is 0 Å². The van der Waals surface area contributed by atoms with Gasteiger partial charge in [0.2, 0.25) is 5.91 Å². The number of ketones is 1. The summed E-state index contributed by atoms with van der Waals surface area (Å²) < 4.78 is 0. The smallest absolute Gasteiger partial charge is 0.221 e. The molecule has 1 amide bonds. The monoisotopic (exact) mass is 280 g/mol. The summed E-state index contributed by atoms with van der Waals surface area (Å²) in [4.78, 5) is 25.5. The molecule has 1 fully saturated rings. The van der Waals surface area contributed by atoms with Crippen LogP contribution in [0.2, 0.25) is 5.02 Å². The zero-order valence-electron chi connectivity index (χ0n) is 10.8. The molecule has 2 rings (SSSR count). The van der Waals surface area contributed by atoms with Crippen molar-refractivity contribution in [2.45, 2.75) is 19.4 Å². The first-order valence-corrected chi connectivity index (χ1v) is 6.70. The number of nitrogens with two attached hydrogens (primary N) is 1. The molecule has 5 heteroatoms. The lowest BCUT2D eigenvalue weighted by molar-refractivity contribution is -0.121. The third-order valence-electron chi connectivity index (χ3n) is 3.68. The highest BCUT2D eigenvalue weighted by atomic mass is 35.5. The van der Waals surface area contributed by atoms with E-state index in [0.29, 0.717) is 17.1 Å². The second-order valence-corrected chi connectivity index (χ2v) is 5.37. The van der Waals surface area contributed by atoms with Gasteiger partial charge in [0.25, 0.3) is 0 Å². The van der Waals surface area contributed by atoms with Gasteiger partial charge in [0.05, 0.1) is 12.0 Å². The Bertz CT molecular complexity index is 487. The minimum absolute atomic E-state index is 0.0433.